The van der Waals surface area contributed by atoms with E-state index >= 15 is 0 Å². The van der Waals surface area contributed by atoms with Crippen molar-refractivity contribution in [3.63, 3.8) is 0 Å². The summed E-state index contributed by atoms with van der Waals surface area (Å²) in [6.07, 6.45) is -0.0638. The van der Waals surface area contributed by atoms with Crippen LogP contribution in [0.15, 0.2) is 18.2 Å². The molecule has 1 saturated heterocycles. The molecule has 0 bridgehead atoms. The monoisotopic (exact) mass is 354 g/mol. The van der Waals surface area contributed by atoms with Gasteiger partial charge in [0.1, 0.15) is 5.60 Å². The highest BCUT2D eigenvalue weighted by Gasteiger charge is 2.32. The summed E-state index contributed by atoms with van der Waals surface area (Å²) in [5, 5.41) is 13.3. The van der Waals surface area contributed by atoms with Crippen LogP contribution in [0.4, 0.5) is 10.5 Å². The van der Waals surface area contributed by atoms with E-state index in [2.05, 4.69) is 5.32 Å². The van der Waals surface area contributed by atoms with Gasteiger partial charge in [-0.2, -0.15) is 0 Å². The topological polar surface area (TPSA) is 78.9 Å². The number of carbonyl (C=O) groups is 2. The maximum absolute atomic E-state index is 12.0. The molecule has 7 heteroatoms. The number of para-hydroxylation sites is 1. The number of aliphatic hydroxyl groups is 1. The highest BCUT2D eigenvalue weighted by Crippen LogP contribution is 2.31. The Hall–Kier alpha value is -1.79. The molecule has 132 valence electrons. The van der Waals surface area contributed by atoms with Gasteiger partial charge >= 0.3 is 6.09 Å². The van der Waals surface area contributed by atoms with Crippen LogP contribution in [0.1, 0.15) is 37.6 Å². The van der Waals surface area contributed by atoms with E-state index in [4.69, 9.17) is 16.3 Å². The number of aldehydes is 1. The molecular formula is C17H23ClN2O4. The fraction of sp³-hybridized carbons (Fsp3) is 0.529. The number of piperidine rings is 1. The summed E-state index contributed by atoms with van der Waals surface area (Å²) in [6.45, 7) is 6.20. The van der Waals surface area contributed by atoms with Crippen molar-refractivity contribution in [1.82, 2.24) is 5.32 Å². The van der Waals surface area contributed by atoms with Crippen LogP contribution >= 0.6 is 11.6 Å². The van der Waals surface area contributed by atoms with Gasteiger partial charge in [0.15, 0.2) is 6.29 Å². The van der Waals surface area contributed by atoms with Gasteiger partial charge in [-0.05, 0) is 39.3 Å². The molecule has 1 amide bonds. The maximum atomic E-state index is 12.0. The van der Waals surface area contributed by atoms with Crippen LogP contribution in [-0.2, 0) is 4.74 Å². The summed E-state index contributed by atoms with van der Waals surface area (Å²) >= 11 is 6.24. The van der Waals surface area contributed by atoms with Crippen LogP contribution in [0.5, 0.6) is 0 Å². The van der Waals surface area contributed by atoms with Gasteiger partial charge in [0.05, 0.1) is 22.9 Å². The molecular weight excluding hydrogens is 332 g/mol. The first-order valence-corrected chi connectivity index (χ1v) is 8.25. The second-order valence-corrected chi connectivity index (χ2v) is 7.26. The van der Waals surface area contributed by atoms with Crippen molar-refractivity contribution in [2.75, 3.05) is 18.0 Å². The minimum absolute atomic E-state index is 0.338. The van der Waals surface area contributed by atoms with E-state index in [0.29, 0.717) is 35.8 Å². The number of carbonyl (C=O) groups excluding carboxylic acids is 2. The first-order valence-electron chi connectivity index (χ1n) is 7.87. The zero-order valence-electron chi connectivity index (χ0n) is 14.1. The molecule has 0 aromatic heterocycles. The van der Waals surface area contributed by atoms with Crippen LogP contribution in [0.2, 0.25) is 5.02 Å². The molecule has 1 aliphatic heterocycles. The van der Waals surface area contributed by atoms with Crippen molar-refractivity contribution >= 4 is 29.7 Å². The van der Waals surface area contributed by atoms with Crippen molar-refractivity contribution < 1.29 is 19.4 Å². The lowest BCUT2D eigenvalue weighted by molar-refractivity contribution is 0.0399. The van der Waals surface area contributed by atoms with E-state index in [1.807, 2.05) is 4.90 Å². The van der Waals surface area contributed by atoms with Gasteiger partial charge in [0, 0.05) is 18.7 Å². The molecule has 6 nitrogen and oxygen atoms in total. The van der Waals surface area contributed by atoms with Crippen LogP contribution in [0.3, 0.4) is 0 Å². The number of amides is 1. The maximum Gasteiger partial charge on any atom is 0.408 e. The van der Waals surface area contributed by atoms with Gasteiger partial charge in [-0.1, -0.05) is 17.7 Å². The Morgan fingerprint density at radius 1 is 1.46 bits per heavy atom. The molecule has 0 radical (unpaired) electrons. The van der Waals surface area contributed by atoms with Crippen molar-refractivity contribution in [2.24, 2.45) is 0 Å². The van der Waals surface area contributed by atoms with Crippen LogP contribution in [0, 0.1) is 0 Å². The number of rotatable bonds is 3. The average molecular weight is 355 g/mol. The second kappa shape index (κ2) is 7.40. The van der Waals surface area contributed by atoms with Crippen LogP contribution in [0.25, 0.3) is 0 Å². The molecule has 2 N–H and O–H groups in total. The molecule has 0 spiro atoms. The number of ether oxygens (including phenoxy) is 1. The predicted octanol–water partition coefficient (Wildman–Crippen LogP) is 2.62. The van der Waals surface area contributed by atoms with E-state index in [9.17, 15) is 14.7 Å². The number of halogens is 1. The molecule has 2 rings (SSSR count). The smallest absolute Gasteiger partial charge is 0.408 e. The number of hydrogen-bond donors (Lipinski definition) is 2. The first-order chi connectivity index (χ1) is 11.2. The van der Waals surface area contributed by atoms with Crippen molar-refractivity contribution in [1.29, 1.82) is 0 Å². The van der Waals surface area contributed by atoms with E-state index < -0.39 is 23.8 Å². The summed E-state index contributed by atoms with van der Waals surface area (Å²) in [5.41, 5.74) is 0.489. The third-order valence-electron chi connectivity index (χ3n) is 3.74. The standard InChI is InChI=1S/C17H23ClN2O4/c1-17(2,3)24-16(23)19-13-9-20(8-7-14(13)22)15-11(10-21)5-4-6-12(15)18/h4-6,10,13-14,22H,7-9H2,1-3H3,(H,19,23). The van der Waals surface area contributed by atoms with Gasteiger partial charge in [-0.15, -0.1) is 0 Å². The lowest BCUT2D eigenvalue weighted by Gasteiger charge is -2.38. The Morgan fingerprint density at radius 2 is 2.17 bits per heavy atom. The molecule has 2 atom stereocenters. The summed E-state index contributed by atoms with van der Waals surface area (Å²) in [5.74, 6) is 0. The molecule has 1 aromatic carbocycles. The number of aliphatic hydroxyl groups excluding tert-OH is 1. The highest BCUT2D eigenvalue weighted by atomic mass is 35.5. The summed E-state index contributed by atoms with van der Waals surface area (Å²) in [4.78, 5) is 25.1. The SMILES string of the molecule is CC(C)(C)OC(=O)NC1CN(c2c(Cl)cccc2C=O)CCC1O. The fourth-order valence-electron chi connectivity index (χ4n) is 2.70. The van der Waals surface area contributed by atoms with Crippen molar-refractivity contribution in [3.05, 3.63) is 28.8 Å². The van der Waals surface area contributed by atoms with Crippen LogP contribution in [-0.4, -0.2) is 48.3 Å². The van der Waals surface area contributed by atoms with Crippen LogP contribution < -0.4 is 10.2 Å². The van der Waals surface area contributed by atoms with Crippen molar-refractivity contribution in [3.8, 4) is 0 Å². The zero-order valence-corrected chi connectivity index (χ0v) is 14.8. The number of alkyl carbamates (subject to hydrolysis) is 1. The van der Waals surface area contributed by atoms with Gasteiger partial charge in [-0.25, -0.2) is 4.79 Å². The Bertz CT molecular complexity index is 615. The molecule has 1 aliphatic rings. The summed E-state index contributed by atoms with van der Waals surface area (Å²) in [6, 6.07) is 4.61. The Morgan fingerprint density at radius 3 is 2.79 bits per heavy atom. The third kappa shape index (κ3) is 4.61. The number of hydrogen-bond acceptors (Lipinski definition) is 5. The van der Waals surface area contributed by atoms with E-state index in [0.717, 1.165) is 6.29 Å². The minimum Gasteiger partial charge on any atom is -0.444 e. The van der Waals surface area contributed by atoms with Gasteiger partial charge in [0.25, 0.3) is 0 Å². The minimum atomic E-state index is -0.684. The predicted molar refractivity (Wildman–Crippen MR) is 92.8 cm³/mol. The molecule has 1 heterocycles. The number of nitrogens with zero attached hydrogens (tertiary/aromatic N) is 1. The van der Waals surface area contributed by atoms with E-state index in [-0.39, 0.29) is 0 Å². The molecule has 1 aromatic rings. The normalized spacial score (nSPS) is 21.3. The lowest BCUT2D eigenvalue weighted by Crippen LogP contribution is -2.56. The fourth-order valence-corrected chi connectivity index (χ4v) is 3.01. The lowest BCUT2D eigenvalue weighted by atomic mass is 10.0. The number of benzene rings is 1. The molecule has 0 aliphatic carbocycles. The van der Waals surface area contributed by atoms with Gasteiger partial charge in [-0.3, -0.25) is 4.79 Å². The quantitative estimate of drug-likeness (QED) is 0.816. The first kappa shape index (κ1) is 18.5. The Balaban J connectivity index is 2.14. The van der Waals surface area contributed by atoms with Gasteiger partial charge in [0.2, 0.25) is 0 Å². The molecule has 24 heavy (non-hydrogen) atoms. The molecule has 1 fully saturated rings. The molecule has 2 unspecified atom stereocenters. The van der Waals surface area contributed by atoms with Crippen molar-refractivity contribution in [2.45, 2.75) is 44.9 Å². The number of nitrogens with one attached hydrogen (secondary N) is 1. The largest absolute Gasteiger partial charge is 0.444 e. The summed E-state index contributed by atoms with van der Waals surface area (Å²) in [7, 11) is 0. The zero-order chi connectivity index (χ0) is 17.9. The van der Waals surface area contributed by atoms with E-state index in [1.54, 1.807) is 39.0 Å². The average Bonchev–Trinajstić information content (AvgIpc) is 2.47. The third-order valence-corrected chi connectivity index (χ3v) is 4.04. The Labute approximate surface area is 146 Å². The highest BCUT2D eigenvalue weighted by molar-refractivity contribution is 6.33. The second-order valence-electron chi connectivity index (χ2n) is 6.85. The van der Waals surface area contributed by atoms with Gasteiger partial charge < -0.3 is 20.1 Å². The number of anilines is 1. The summed E-state index contributed by atoms with van der Waals surface area (Å²) < 4.78 is 5.24. The van der Waals surface area contributed by atoms with E-state index in [1.165, 1.54) is 0 Å². The molecule has 0 saturated carbocycles. The Kier molecular flexibility index (Phi) is 5.72.